The van der Waals surface area contributed by atoms with Gasteiger partial charge in [-0.3, -0.25) is 4.79 Å². The van der Waals surface area contributed by atoms with Gasteiger partial charge in [0.2, 0.25) is 0 Å². The van der Waals surface area contributed by atoms with Gasteiger partial charge in [-0.25, -0.2) is 15.4 Å². The van der Waals surface area contributed by atoms with E-state index in [9.17, 15) is 4.79 Å². The number of rotatable bonds is 6. The third-order valence-corrected chi connectivity index (χ3v) is 4.41. The van der Waals surface area contributed by atoms with Crippen LogP contribution in [0.3, 0.4) is 0 Å². The molecule has 7 nitrogen and oxygen atoms in total. The van der Waals surface area contributed by atoms with Crippen molar-refractivity contribution in [3.05, 3.63) is 89.2 Å². The lowest BCUT2D eigenvalue weighted by atomic mass is 10.1. The van der Waals surface area contributed by atoms with Gasteiger partial charge in [-0.1, -0.05) is 60.7 Å². The predicted molar refractivity (Wildman–Crippen MR) is 112 cm³/mol. The van der Waals surface area contributed by atoms with E-state index in [0.29, 0.717) is 23.2 Å². The third-order valence-electron chi connectivity index (χ3n) is 4.21. The topological polar surface area (TPSA) is 75.9 Å². The van der Waals surface area contributed by atoms with Gasteiger partial charge in [0.05, 0.1) is 5.39 Å². The van der Waals surface area contributed by atoms with Crippen molar-refractivity contribution in [1.29, 1.82) is 0 Å². The monoisotopic (exact) mass is 388 g/mol. The summed E-state index contributed by atoms with van der Waals surface area (Å²) in [6, 6.07) is 17.1. The number of nitrogens with one attached hydrogen (secondary N) is 1. The molecular formula is C20H16N6OS. The largest absolute Gasteiger partial charge is 0.295 e. The number of hydrogen-bond donors (Lipinski definition) is 1. The first-order chi connectivity index (χ1) is 13.8. The molecule has 4 aromatic rings. The van der Waals surface area contributed by atoms with E-state index in [0.717, 1.165) is 10.9 Å². The Bertz CT molecular complexity index is 1160. The highest BCUT2D eigenvalue weighted by molar-refractivity contribution is 7.79. The lowest BCUT2D eigenvalue weighted by Gasteiger charge is -2.22. The standard InChI is InChI=1S/C20H16N6OS/c27-20-18-9-5-4-8-17(18)19(16-11-21-13-22-12-16)24-26(20)25(14-28)23-10-15-6-2-1-3-7-15/h1-9,11-14,23H,10H2. The lowest BCUT2D eigenvalue weighted by molar-refractivity contribution is 0.520. The Labute approximate surface area is 166 Å². The Hall–Kier alpha value is -3.49. The molecule has 0 aliphatic carbocycles. The molecule has 0 aliphatic rings. The first kappa shape index (κ1) is 17.9. The van der Waals surface area contributed by atoms with Gasteiger partial charge in [0.25, 0.3) is 5.56 Å². The van der Waals surface area contributed by atoms with Crippen molar-refractivity contribution >= 4 is 28.5 Å². The summed E-state index contributed by atoms with van der Waals surface area (Å²) in [7, 11) is 0. The number of aromatic nitrogens is 4. The van der Waals surface area contributed by atoms with Gasteiger partial charge in [-0.15, -0.1) is 9.89 Å². The minimum absolute atomic E-state index is 0.280. The van der Waals surface area contributed by atoms with E-state index >= 15 is 0 Å². The van der Waals surface area contributed by atoms with Crippen LogP contribution in [0.1, 0.15) is 5.56 Å². The highest BCUT2D eigenvalue weighted by Crippen LogP contribution is 2.23. The average Bonchev–Trinajstić information content (AvgIpc) is 2.77. The van der Waals surface area contributed by atoms with Gasteiger partial charge in [0.1, 0.15) is 17.5 Å². The highest BCUT2D eigenvalue weighted by Gasteiger charge is 2.15. The van der Waals surface area contributed by atoms with Crippen LogP contribution in [0.5, 0.6) is 0 Å². The summed E-state index contributed by atoms with van der Waals surface area (Å²) in [6.07, 6.45) is 4.78. The number of thiocarbonyl (C=S) groups is 1. The minimum atomic E-state index is -0.280. The average molecular weight is 388 g/mol. The van der Waals surface area contributed by atoms with Crippen molar-refractivity contribution in [2.45, 2.75) is 6.54 Å². The quantitative estimate of drug-likeness (QED) is 0.402. The number of hydrogen-bond acceptors (Lipinski definition) is 6. The van der Waals surface area contributed by atoms with E-state index in [4.69, 9.17) is 12.2 Å². The van der Waals surface area contributed by atoms with Crippen LogP contribution in [0.25, 0.3) is 22.0 Å². The van der Waals surface area contributed by atoms with Crippen LogP contribution in [0.4, 0.5) is 0 Å². The molecule has 0 spiro atoms. The molecule has 0 atom stereocenters. The smallest absolute Gasteiger partial charge is 0.265 e. The summed E-state index contributed by atoms with van der Waals surface area (Å²) < 4.78 is 0. The predicted octanol–water partition coefficient (Wildman–Crippen LogP) is 2.45. The van der Waals surface area contributed by atoms with Crippen molar-refractivity contribution < 1.29 is 0 Å². The second kappa shape index (κ2) is 8.03. The lowest BCUT2D eigenvalue weighted by Crippen LogP contribution is -2.51. The van der Waals surface area contributed by atoms with Crippen LogP contribution in [-0.2, 0) is 6.54 Å². The van der Waals surface area contributed by atoms with Crippen molar-refractivity contribution in [1.82, 2.24) is 25.3 Å². The zero-order valence-corrected chi connectivity index (χ0v) is 15.6. The molecule has 2 heterocycles. The molecule has 8 heteroatoms. The van der Waals surface area contributed by atoms with Crippen molar-refractivity contribution in [3.63, 3.8) is 0 Å². The van der Waals surface area contributed by atoms with Gasteiger partial charge < -0.3 is 0 Å². The molecule has 28 heavy (non-hydrogen) atoms. The van der Waals surface area contributed by atoms with E-state index in [1.165, 1.54) is 21.7 Å². The van der Waals surface area contributed by atoms with E-state index in [1.54, 1.807) is 18.5 Å². The van der Waals surface area contributed by atoms with Crippen LogP contribution in [0, 0.1) is 0 Å². The van der Waals surface area contributed by atoms with Gasteiger partial charge in [-0.2, -0.15) is 5.12 Å². The van der Waals surface area contributed by atoms with Crippen molar-refractivity contribution in [2.75, 3.05) is 5.12 Å². The molecule has 138 valence electrons. The SMILES string of the molecule is O=c1c2ccccc2c(-c2cncnc2)nn1N(C=S)NCc1ccccc1. The first-order valence-electron chi connectivity index (χ1n) is 8.57. The maximum atomic E-state index is 13.0. The van der Waals surface area contributed by atoms with Crippen LogP contribution >= 0.6 is 12.2 Å². The fourth-order valence-corrected chi connectivity index (χ4v) is 3.04. The van der Waals surface area contributed by atoms with E-state index < -0.39 is 0 Å². The Morgan fingerprint density at radius 1 is 1.00 bits per heavy atom. The van der Waals surface area contributed by atoms with Gasteiger partial charge in [-0.05, 0) is 11.6 Å². The molecule has 2 aromatic carbocycles. The molecule has 0 amide bonds. The molecule has 0 aliphatic heterocycles. The summed E-state index contributed by atoms with van der Waals surface area (Å²) in [4.78, 5) is 22.4. The molecule has 4 rings (SSSR count). The molecule has 0 fully saturated rings. The van der Waals surface area contributed by atoms with Crippen LogP contribution < -0.4 is 16.1 Å². The van der Waals surface area contributed by atoms with Crippen molar-refractivity contribution in [2.24, 2.45) is 0 Å². The van der Waals surface area contributed by atoms with Gasteiger partial charge >= 0.3 is 0 Å². The Morgan fingerprint density at radius 3 is 2.39 bits per heavy atom. The number of hydrazine groups is 1. The van der Waals surface area contributed by atoms with E-state index in [1.807, 2.05) is 48.5 Å². The molecular weight excluding hydrogens is 372 g/mol. The number of nitrogens with zero attached hydrogens (tertiary/aromatic N) is 5. The van der Waals surface area contributed by atoms with Gasteiger partial charge in [0, 0.05) is 29.9 Å². The number of benzene rings is 2. The van der Waals surface area contributed by atoms with E-state index in [-0.39, 0.29) is 5.56 Å². The molecule has 2 aromatic heterocycles. The highest BCUT2D eigenvalue weighted by atomic mass is 32.1. The van der Waals surface area contributed by atoms with Crippen molar-refractivity contribution in [3.8, 4) is 11.3 Å². The zero-order valence-electron chi connectivity index (χ0n) is 14.8. The summed E-state index contributed by atoms with van der Waals surface area (Å²) in [5.74, 6) is 0. The summed E-state index contributed by atoms with van der Waals surface area (Å²) >= 11 is 5.13. The second-order valence-corrected chi connectivity index (χ2v) is 6.20. The zero-order chi connectivity index (χ0) is 19.3. The molecule has 0 radical (unpaired) electrons. The number of fused-ring (bicyclic) bond motifs is 1. The summed E-state index contributed by atoms with van der Waals surface area (Å²) in [5, 5.41) is 7.21. The normalized spacial score (nSPS) is 10.7. The fraction of sp³-hybridized carbons (Fsp3) is 0.0500. The third kappa shape index (κ3) is 3.51. The molecule has 1 N–H and O–H groups in total. The Balaban J connectivity index is 1.80. The first-order valence-corrected chi connectivity index (χ1v) is 9.05. The fourth-order valence-electron chi connectivity index (χ4n) is 2.88. The molecule has 0 saturated heterocycles. The second-order valence-electron chi connectivity index (χ2n) is 5.99. The van der Waals surface area contributed by atoms with Crippen LogP contribution in [0.15, 0.2) is 78.1 Å². The molecule has 0 unspecified atom stereocenters. The Kier molecular flexibility index (Phi) is 5.14. The summed E-state index contributed by atoms with van der Waals surface area (Å²) in [5.41, 5.74) is 6.55. The molecule has 0 bridgehead atoms. The van der Waals surface area contributed by atoms with Crippen LogP contribution in [0.2, 0.25) is 0 Å². The van der Waals surface area contributed by atoms with Gasteiger partial charge in [0.15, 0.2) is 0 Å². The van der Waals surface area contributed by atoms with E-state index in [2.05, 4.69) is 20.5 Å². The summed E-state index contributed by atoms with van der Waals surface area (Å²) in [6.45, 7) is 0.485. The minimum Gasteiger partial charge on any atom is -0.265 e. The van der Waals surface area contributed by atoms with Crippen LogP contribution in [-0.4, -0.2) is 25.3 Å². The Morgan fingerprint density at radius 2 is 1.68 bits per heavy atom. The maximum absolute atomic E-state index is 13.0. The maximum Gasteiger partial charge on any atom is 0.295 e. The molecule has 0 saturated carbocycles.